The summed E-state index contributed by atoms with van der Waals surface area (Å²) in [5, 5.41) is 9.40. The molecule has 19 heavy (non-hydrogen) atoms. The molecule has 1 aromatic carbocycles. The van der Waals surface area contributed by atoms with Crippen molar-refractivity contribution in [3.8, 4) is 6.07 Å². The summed E-state index contributed by atoms with van der Waals surface area (Å²) in [6, 6.07) is 12.5. The third-order valence-electron chi connectivity index (χ3n) is 3.81. The van der Waals surface area contributed by atoms with Crippen LogP contribution in [0.15, 0.2) is 30.3 Å². The van der Waals surface area contributed by atoms with Crippen molar-refractivity contribution in [2.24, 2.45) is 5.73 Å². The standard InChI is InChI=1S/C16H25N3/c1-4-8-14(2)19(3)12-11-16(18,13-17)15-9-6-5-7-10-15/h5-7,9-10,14H,4,8,11-12,18H2,1-3H3. The number of hydrogen-bond donors (Lipinski definition) is 1. The van der Waals surface area contributed by atoms with Gasteiger partial charge in [0.25, 0.3) is 0 Å². The van der Waals surface area contributed by atoms with E-state index < -0.39 is 5.54 Å². The minimum atomic E-state index is -0.887. The molecule has 0 fully saturated rings. The summed E-state index contributed by atoms with van der Waals surface area (Å²) in [5.74, 6) is 0. The van der Waals surface area contributed by atoms with Crippen LogP contribution in [0.2, 0.25) is 0 Å². The maximum atomic E-state index is 9.40. The molecule has 1 rings (SSSR count). The number of benzene rings is 1. The van der Waals surface area contributed by atoms with Crippen molar-refractivity contribution in [2.75, 3.05) is 13.6 Å². The molecule has 0 aliphatic rings. The van der Waals surface area contributed by atoms with Gasteiger partial charge in [-0.25, -0.2) is 0 Å². The maximum absolute atomic E-state index is 9.40. The van der Waals surface area contributed by atoms with Gasteiger partial charge in [-0.3, -0.25) is 0 Å². The van der Waals surface area contributed by atoms with Crippen LogP contribution in [-0.4, -0.2) is 24.5 Å². The van der Waals surface area contributed by atoms with E-state index in [0.717, 1.165) is 12.1 Å². The van der Waals surface area contributed by atoms with Crippen molar-refractivity contribution in [1.82, 2.24) is 4.90 Å². The summed E-state index contributed by atoms with van der Waals surface area (Å²) >= 11 is 0. The largest absolute Gasteiger partial charge is 0.310 e. The predicted molar refractivity (Wildman–Crippen MR) is 79.5 cm³/mol. The number of nitrogens with zero attached hydrogens (tertiary/aromatic N) is 2. The molecular formula is C16H25N3. The molecule has 2 atom stereocenters. The number of rotatable bonds is 7. The van der Waals surface area contributed by atoms with Crippen LogP contribution in [0.4, 0.5) is 0 Å². The summed E-state index contributed by atoms with van der Waals surface area (Å²) in [4.78, 5) is 2.28. The predicted octanol–water partition coefficient (Wildman–Crippen LogP) is 2.87. The molecule has 3 heteroatoms. The van der Waals surface area contributed by atoms with Crippen molar-refractivity contribution in [3.05, 3.63) is 35.9 Å². The second kappa shape index (κ2) is 7.28. The smallest absolute Gasteiger partial charge is 0.131 e. The normalized spacial score (nSPS) is 15.8. The Morgan fingerprint density at radius 3 is 2.53 bits per heavy atom. The highest BCUT2D eigenvalue weighted by molar-refractivity contribution is 5.30. The molecule has 3 nitrogen and oxygen atoms in total. The molecule has 0 saturated carbocycles. The van der Waals surface area contributed by atoms with Crippen LogP contribution < -0.4 is 5.73 Å². The zero-order valence-electron chi connectivity index (χ0n) is 12.3. The first-order valence-electron chi connectivity index (χ1n) is 6.99. The maximum Gasteiger partial charge on any atom is 0.131 e. The van der Waals surface area contributed by atoms with E-state index in [2.05, 4.69) is 31.9 Å². The van der Waals surface area contributed by atoms with Gasteiger partial charge in [0.1, 0.15) is 5.54 Å². The van der Waals surface area contributed by atoms with E-state index in [1.54, 1.807) is 0 Å². The third-order valence-corrected chi connectivity index (χ3v) is 3.81. The van der Waals surface area contributed by atoms with Crippen LogP contribution in [0.25, 0.3) is 0 Å². The van der Waals surface area contributed by atoms with E-state index in [1.165, 1.54) is 12.8 Å². The molecule has 2 unspecified atom stereocenters. The molecule has 0 aromatic heterocycles. The Bertz CT molecular complexity index is 410. The lowest BCUT2D eigenvalue weighted by atomic mass is 9.89. The Labute approximate surface area is 117 Å². The van der Waals surface area contributed by atoms with Gasteiger partial charge in [0.2, 0.25) is 0 Å². The van der Waals surface area contributed by atoms with E-state index >= 15 is 0 Å². The van der Waals surface area contributed by atoms with Crippen molar-refractivity contribution in [2.45, 2.75) is 44.7 Å². The van der Waals surface area contributed by atoms with Crippen LogP contribution in [0.1, 0.15) is 38.7 Å². The molecule has 0 radical (unpaired) electrons. The molecule has 0 aliphatic carbocycles. The molecule has 104 valence electrons. The van der Waals surface area contributed by atoms with Crippen LogP contribution in [0.5, 0.6) is 0 Å². The first-order valence-corrected chi connectivity index (χ1v) is 6.99. The first-order chi connectivity index (χ1) is 9.03. The fourth-order valence-electron chi connectivity index (χ4n) is 2.21. The monoisotopic (exact) mass is 259 g/mol. The number of nitriles is 1. The van der Waals surface area contributed by atoms with Gasteiger partial charge in [-0.05, 0) is 32.4 Å². The lowest BCUT2D eigenvalue weighted by Gasteiger charge is -2.29. The summed E-state index contributed by atoms with van der Waals surface area (Å²) in [7, 11) is 2.10. The van der Waals surface area contributed by atoms with Gasteiger partial charge < -0.3 is 10.6 Å². The van der Waals surface area contributed by atoms with E-state index in [4.69, 9.17) is 5.73 Å². The minimum absolute atomic E-state index is 0.531. The molecule has 1 aromatic rings. The van der Waals surface area contributed by atoms with Crippen LogP contribution in [0.3, 0.4) is 0 Å². The molecule has 0 saturated heterocycles. The van der Waals surface area contributed by atoms with Crippen molar-refractivity contribution in [3.63, 3.8) is 0 Å². The third kappa shape index (κ3) is 4.34. The summed E-state index contributed by atoms with van der Waals surface area (Å²) in [6.45, 7) is 5.24. The Morgan fingerprint density at radius 1 is 1.37 bits per heavy atom. The Kier molecular flexibility index (Phi) is 6.01. The Hall–Kier alpha value is -1.37. The highest BCUT2D eigenvalue weighted by atomic mass is 15.1. The molecular weight excluding hydrogens is 234 g/mol. The quantitative estimate of drug-likeness (QED) is 0.819. The van der Waals surface area contributed by atoms with E-state index in [0.29, 0.717) is 12.5 Å². The van der Waals surface area contributed by atoms with Gasteiger partial charge in [-0.1, -0.05) is 43.7 Å². The van der Waals surface area contributed by atoms with Crippen LogP contribution in [-0.2, 0) is 5.54 Å². The first kappa shape index (κ1) is 15.7. The molecule has 0 heterocycles. The minimum Gasteiger partial charge on any atom is -0.310 e. The fourth-order valence-corrected chi connectivity index (χ4v) is 2.21. The van der Waals surface area contributed by atoms with Gasteiger partial charge in [0, 0.05) is 12.6 Å². The SMILES string of the molecule is CCCC(C)N(C)CCC(N)(C#N)c1ccccc1. The van der Waals surface area contributed by atoms with Crippen molar-refractivity contribution < 1.29 is 0 Å². The van der Waals surface area contributed by atoms with E-state index in [9.17, 15) is 5.26 Å². The molecule has 2 N–H and O–H groups in total. The number of hydrogen-bond acceptors (Lipinski definition) is 3. The zero-order chi connectivity index (χ0) is 14.3. The average Bonchev–Trinajstić information content (AvgIpc) is 2.45. The summed E-state index contributed by atoms with van der Waals surface area (Å²) in [5.41, 5.74) is 6.26. The zero-order valence-corrected chi connectivity index (χ0v) is 12.3. The molecule has 0 bridgehead atoms. The Morgan fingerprint density at radius 2 is 2.00 bits per heavy atom. The van der Waals surface area contributed by atoms with Gasteiger partial charge in [0.05, 0.1) is 6.07 Å². The van der Waals surface area contributed by atoms with E-state index in [-0.39, 0.29) is 0 Å². The highest BCUT2D eigenvalue weighted by Crippen LogP contribution is 2.22. The second-order valence-corrected chi connectivity index (χ2v) is 5.32. The summed E-state index contributed by atoms with van der Waals surface area (Å²) < 4.78 is 0. The van der Waals surface area contributed by atoms with Crippen molar-refractivity contribution >= 4 is 0 Å². The lowest BCUT2D eigenvalue weighted by Crippen LogP contribution is -2.40. The van der Waals surface area contributed by atoms with Gasteiger partial charge in [0.15, 0.2) is 0 Å². The van der Waals surface area contributed by atoms with Gasteiger partial charge >= 0.3 is 0 Å². The Balaban J connectivity index is 2.66. The topological polar surface area (TPSA) is 53.0 Å². The van der Waals surface area contributed by atoms with Gasteiger partial charge in [-0.15, -0.1) is 0 Å². The molecule has 0 spiro atoms. The highest BCUT2D eigenvalue weighted by Gasteiger charge is 2.27. The van der Waals surface area contributed by atoms with E-state index in [1.807, 2.05) is 30.3 Å². The number of nitrogens with two attached hydrogens (primary N) is 1. The van der Waals surface area contributed by atoms with Crippen molar-refractivity contribution in [1.29, 1.82) is 5.26 Å². The fraction of sp³-hybridized carbons (Fsp3) is 0.562. The average molecular weight is 259 g/mol. The lowest BCUT2D eigenvalue weighted by molar-refractivity contribution is 0.228. The second-order valence-electron chi connectivity index (χ2n) is 5.32. The van der Waals surface area contributed by atoms with Crippen LogP contribution in [0, 0.1) is 11.3 Å². The van der Waals surface area contributed by atoms with Gasteiger partial charge in [-0.2, -0.15) is 5.26 Å². The molecule has 0 amide bonds. The molecule has 0 aliphatic heterocycles. The summed E-state index contributed by atoms with van der Waals surface area (Å²) in [6.07, 6.45) is 3.00. The van der Waals surface area contributed by atoms with Crippen LogP contribution >= 0.6 is 0 Å².